The smallest absolute Gasteiger partial charge is 0.353 e. The molecule has 4 heterocycles. The topological polar surface area (TPSA) is 106 Å². The summed E-state index contributed by atoms with van der Waals surface area (Å²) in [6.45, 7) is 2.71. The van der Waals surface area contributed by atoms with Gasteiger partial charge in [0.1, 0.15) is 0 Å². The van der Waals surface area contributed by atoms with E-state index in [2.05, 4.69) is 48.9 Å². The molecule has 1 atom stereocenters. The predicted octanol–water partition coefficient (Wildman–Crippen LogP) is 1.01. The summed E-state index contributed by atoms with van der Waals surface area (Å²) in [7, 11) is 1.80. The number of anilines is 1. The van der Waals surface area contributed by atoms with Crippen molar-refractivity contribution in [3.8, 4) is 0 Å². The summed E-state index contributed by atoms with van der Waals surface area (Å²) in [5, 5.41) is 6.09. The van der Waals surface area contributed by atoms with Crippen LogP contribution in [0.5, 0.6) is 0 Å². The van der Waals surface area contributed by atoms with E-state index in [1.807, 2.05) is 18.2 Å². The first-order valence-corrected chi connectivity index (χ1v) is 12.0. The molecule has 0 radical (unpaired) electrons. The van der Waals surface area contributed by atoms with Gasteiger partial charge in [0.05, 0.1) is 18.5 Å². The Morgan fingerprint density at radius 1 is 1.26 bits per heavy atom. The number of amides is 2. The van der Waals surface area contributed by atoms with Crippen molar-refractivity contribution in [2.75, 3.05) is 31.1 Å². The number of hydrogen-bond donors (Lipinski definition) is 2. The Morgan fingerprint density at radius 2 is 2.03 bits per heavy atom. The molecule has 2 N–H and O–H groups in total. The Labute approximate surface area is 198 Å². The van der Waals surface area contributed by atoms with Crippen molar-refractivity contribution < 1.29 is 14.6 Å². The van der Waals surface area contributed by atoms with Gasteiger partial charge in [-0.05, 0) is 42.1 Å². The van der Waals surface area contributed by atoms with Gasteiger partial charge in [-0.2, -0.15) is 4.98 Å². The fourth-order valence-corrected chi connectivity index (χ4v) is 5.54. The van der Waals surface area contributed by atoms with Gasteiger partial charge < -0.3 is 10.6 Å². The van der Waals surface area contributed by atoms with Crippen LogP contribution < -0.4 is 20.5 Å². The zero-order chi connectivity index (χ0) is 23.3. The number of imidazole rings is 1. The lowest BCUT2D eigenvalue weighted by Gasteiger charge is -2.38. The fourth-order valence-electron chi connectivity index (χ4n) is 5.54. The molecule has 3 aromatic rings. The van der Waals surface area contributed by atoms with Crippen LogP contribution in [0.4, 0.5) is 5.82 Å². The molecule has 9 nitrogen and oxygen atoms in total. The molecule has 34 heavy (non-hydrogen) atoms. The van der Waals surface area contributed by atoms with E-state index >= 15 is 0 Å². The SMILES string of the molecule is Cn1c(C(=O)NCC2CC2)nc2c(N3CCC4(CC3)C(=O)NCC4c3ccccc3)[n+]#cnc21. The fraction of sp³-hybridized carbons (Fsp3) is 0.480. The Hall–Kier alpha value is -3.67. The maximum Gasteiger partial charge on any atom is 0.353 e. The second kappa shape index (κ2) is 7.97. The molecule has 0 bridgehead atoms. The molecule has 3 fully saturated rings. The molecule has 3 aliphatic rings. The molecule has 9 heteroatoms. The van der Waals surface area contributed by atoms with Gasteiger partial charge in [0.15, 0.2) is 0 Å². The van der Waals surface area contributed by atoms with Crippen LogP contribution in [-0.2, 0) is 11.8 Å². The van der Waals surface area contributed by atoms with Gasteiger partial charge in [-0.15, -0.1) is 0 Å². The van der Waals surface area contributed by atoms with E-state index < -0.39 is 5.41 Å². The van der Waals surface area contributed by atoms with Crippen molar-refractivity contribution in [1.82, 2.24) is 25.2 Å². The van der Waals surface area contributed by atoms with Gasteiger partial charge in [-0.3, -0.25) is 19.1 Å². The Bertz CT molecular complexity index is 1240. The largest absolute Gasteiger partial charge is 0.355 e. The standard InChI is InChI=1S/C25H27N7O2/c1-31-20-19(30-22(31)23(33)26-13-16-7-8-16)21(29-15-28-20)32-11-9-25(10-12-32)18(14-27-24(25)34)17-5-3-2-4-6-17/h2-6,16,18H,7-14H2,1H3,(H-,26,27,33,34)/p+1. The number of carbonyl (C=O) groups excluding carboxylic acids is 2. The predicted molar refractivity (Wildman–Crippen MR) is 124 cm³/mol. The highest BCUT2D eigenvalue weighted by Gasteiger charge is 2.53. The van der Waals surface area contributed by atoms with Crippen LogP contribution in [0.15, 0.2) is 30.3 Å². The van der Waals surface area contributed by atoms with Gasteiger partial charge >= 0.3 is 12.1 Å². The van der Waals surface area contributed by atoms with Crippen LogP contribution in [0.1, 0.15) is 47.8 Å². The number of carbonyl (C=O) groups is 2. The molecule has 2 aromatic heterocycles. The van der Waals surface area contributed by atoms with Crippen molar-refractivity contribution in [2.45, 2.75) is 31.6 Å². The van der Waals surface area contributed by atoms with Gasteiger partial charge in [-0.25, -0.2) is 4.98 Å². The lowest BCUT2D eigenvalue weighted by Crippen LogP contribution is -2.47. The molecular formula is C25H28N7O2+. The maximum atomic E-state index is 13.0. The maximum absolute atomic E-state index is 13.0. The first kappa shape index (κ1) is 20.9. The van der Waals surface area contributed by atoms with E-state index in [-0.39, 0.29) is 17.7 Å². The zero-order valence-electron chi connectivity index (χ0n) is 19.3. The molecular weight excluding hydrogens is 430 g/mol. The normalized spacial score (nSPS) is 21.5. The average Bonchev–Trinajstić information content (AvgIpc) is 3.58. The molecule has 1 unspecified atom stereocenters. The number of benzene rings is 1. The minimum atomic E-state index is -0.411. The number of nitrogens with zero attached hydrogens (tertiary/aromatic N) is 5. The molecule has 1 aliphatic carbocycles. The minimum absolute atomic E-state index is 0.146. The highest BCUT2D eigenvalue weighted by molar-refractivity contribution is 5.95. The summed E-state index contributed by atoms with van der Waals surface area (Å²) in [4.78, 5) is 41.2. The highest BCUT2D eigenvalue weighted by Crippen LogP contribution is 2.48. The lowest BCUT2D eigenvalue weighted by atomic mass is 9.68. The molecule has 1 aromatic carbocycles. The quantitative estimate of drug-likeness (QED) is 0.591. The number of aryl methyl sites for hydroxylation is 1. The van der Waals surface area contributed by atoms with E-state index in [1.54, 1.807) is 11.6 Å². The monoisotopic (exact) mass is 458 g/mol. The number of nitrogens with one attached hydrogen (secondary N) is 2. The first-order chi connectivity index (χ1) is 16.6. The third kappa shape index (κ3) is 3.36. The number of piperidine rings is 1. The van der Waals surface area contributed by atoms with Crippen molar-refractivity contribution in [3.05, 3.63) is 48.0 Å². The van der Waals surface area contributed by atoms with Crippen LogP contribution in [0.25, 0.3) is 11.2 Å². The molecule has 1 spiro atoms. The molecule has 2 aliphatic heterocycles. The number of hydrogen-bond acceptors (Lipinski definition) is 5. The average molecular weight is 459 g/mol. The molecule has 1 saturated carbocycles. The van der Waals surface area contributed by atoms with Gasteiger partial charge in [0.25, 0.3) is 11.6 Å². The van der Waals surface area contributed by atoms with Crippen molar-refractivity contribution >= 4 is 28.8 Å². The number of fused-ring (bicyclic) bond motifs is 1. The van der Waals surface area contributed by atoms with Gasteiger partial charge in [-0.1, -0.05) is 30.3 Å². The summed E-state index contributed by atoms with van der Waals surface area (Å²) in [6, 6.07) is 10.3. The summed E-state index contributed by atoms with van der Waals surface area (Å²) < 4.78 is 1.71. The van der Waals surface area contributed by atoms with E-state index in [4.69, 9.17) is 0 Å². The Balaban J connectivity index is 1.25. The zero-order valence-corrected chi connectivity index (χ0v) is 19.3. The second-order valence-corrected chi connectivity index (χ2v) is 9.78. The Kier molecular flexibility index (Phi) is 4.90. The highest BCUT2D eigenvalue weighted by atomic mass is 16.2. The second-order valence-electron chi connectivity index (χ2n) is 9.78. The summed E-state index contributed by atoms with van der Waals surface area (Å²) in [5.74, 6) is 1.72. The third-order valence-electron chi connectivity index (χ3n) is 7.78. The molecule has 6 rings (SSSR count). The molecule has 174 valence electrons. The van der Waals surface area contributed by atoms with Crippen LogP contribution in [0, 0.1) is 17.7 Å². The molecule has 2 amide bonds. The first-order valence-electron chi connectivity index (χ1n) is 12.0. The summed E-state index contributed by atoms with van der Waals surface area (Å²) in [5.41, 5.74) is 1.98. The van der Waals surface area contributed by atoms with E-state index in [0.29, 0.717) is 54.9 Å². The van der Waals surface area contributed by atoms with Gasteiger partial charge in [0, 0.05) is 26.1 Å². The number of aromatic nitrogens is 4. The summed E-state index contributed by atoms with van der Waals surface area (Å²) >= 11 is 0. The van der Waals surface area contributed by atoms with Crippen LogP contribution in [0.2, 0.25) is 0 Å². The van der Waals surface area contributed by atoms with Crippen molar-refractivity contribution in [1.29, 1.82) is 0 Å². The van der Waals surface area contributed by atoms with E-state index in [0.717, 1.165) is 12.8 Å². The van der Waals surface area contributed by atoms with E-state index in [1.165, 1.54) is 18.4 Å². The summed E-state index contributed by atoms with van der Waals surface area (Å²) in [6.07, 6.45) is 6.55. The minimum Gasteiger partial charge on any atom is -0.355 e. The third-order valence-corrected chi connectivity index (χ3v) is 7.78. The number of rotatable bonds is 5. The van der Waals surface area contributed by atoms with Crippen LogP contribution in [0.3, 0.4) is 0 Å². The van der Waals surface area contributed by atoms with Crippen LogP contribution >= 0.6 is 0 Å². The lowest BCUT2D eigenvalue weighted by molar-refractivity contribution is -0.281. The van der Waals surface area contributed by atoms with Crippen LogP contribution in [-0.4, -0.2) is 52.5 Å². The van der Waals surface area contributed by atoms with Crippen molar-refractivity contribution in [3.63, 3.8) is 0 Å². The molecule has 2 saturated heterocycles. The Morgan fingerprint density at radius 3 is 2.76 bits per heavy atom. The van der Waals surface area contributed by atoms with E-state index in [9.17, 15) is 9.59 Å². The van der Waals surface area contributed by atoms with Crippen molar-refractivity contribution in [2.24, 2.45) is 18.4 Å². The van der Waals surface area contributed by atoms with Gasteiger partial charge in [0.2, 0.25) is 17.2 Å².